The molecule has 0 aliphatic carbocycles. The van der Waals surface area contributed by atoms with Crippen LogP contribution in [0.1, 0.15) is 31.1 Å². The maximum atomic E-state index is 11.6. The average Bonchev–Trinajstić information content (AvgIpc) is 2.72. The van der Waals surface area contributed by atoms with Crippen molar-refractivity contribution >= 4 is 39.1 Å². The van der Waals surface area contributed by atoms with Crippen LogP contribution >= 0.6 is 27.3 Å². The van der Waals surface area contributed by atoms with E-state index in [4.69, 9.17) is 5.11 Å². The maximum Gasteiger partial charge on any atom is 0.326 e. The number of carbonyl (C=O) groups excluding carboxylic acids is 1. The lowest BCUT2D eigenvalue weighted by Gasteiger charge is -2.13. The number of hydrogen-bond acceptors (Lipinski definition) is 3. The number of carboxylic acid groups (broad SMARTS) is 1. The van der Waals surface area contributed by atoms with Crippen LogP contribution in [0.25, 0.3) is 0 Å². The van der Waals surface area contributed by atoms with Crippen LogP contribution in [-0.2, 0) is 16.0 Å². The van der Waals surface area contributed by atoms with Crippen molar-refractivity contribution in [1.82, 2.24) is 5.32 Å². The molecular weight excluding hydrogens is 318 g/mol. The fraction of sp³-hybridized carbons (Fsp3) is 0.500. The minimum Gasteiger partial charge on any atom is -0.480 e. The van der Waals surface area contributed by atoms with Crippen molar-refractivity contribution in [3.05, 3.63) is 20.8 Å². The van der Waals surface area contributed by atoms with Crippen LogP contribution in [0.4, 0.5) is 0 Å². The van der Waals surface area contributed by atoms with Crippen LogP contribution in [-0.4, -0.2) is 23.0 Å². The van der Waals surface area contributed by atoms with Crippen molar-refractivity contribution in [3.63, 3.8) is 0 Å². The second-order valence-electron chi connectivity index (χ2n) is 3.98. The van der Waals surface area contributed by atoms with Gasteiger partial charge < -0.3 is 10.4 Å². The molecule has 1 amide bonds. The molecule has 1 unspecified atom stereocenters. The van der Waals surface area contributed by atoms with Crippen molar-refractivity contribution < 1.29 is 14.7 Å². The van der Waals surface area contributed by atoms with Crippen LogP contribution in [0.5, 0.6) is 0 Å². The van der Waals surface area contributed by atoms with Gasteiger partial charge in [0.2, 0.25) is 5.91 Å². The molecule has 0 saturated heterocycles. The third-order valence-electron chi connectivity index (χ3n) is 2.43. The SMILES string of the molecule is CCCC(NC(=O)CCc1cc(Br)cs1)C(=O)O. The van der Waals surface area contributed by atoms with E-state index < -0.39 is 12.0 Å². The standard InChI is InChI=1S/C12H16BrNO3S/c1-2-3-10(12(16)17)14-11(15)5-4-9-6-8(13)7-18-9/h6-7,10H,2-5H2,1H3,(H,14,15)(H,16,17). The first-order valence-electron chi connectivity index (χ1n) is 5.78. The normalized spacial score (nSPS) is 12.1. The van der Waals surface area contributed by atoms with E-state index in [1.54, 1.807) is 11.3 Å². The second-order valence-corrected chi connectivity index (χ2v) is 5.89. The quantitative estimate of drug-likeness (QED) is 0.806. The van der Waals surface area contributed by atoms with E-state index in [9.17, 15) is 9.59 Å². The summed E-state index contributed by atoms with van der Waals surface area (Å²) in [7, 11) is 0. The van der Waals surface area contributed by atoms with Gasteiger partial charge in [-0.3, -0.25) is 4.79 Å². The summed E-state index contributed by atoms with van der Waals surface area (Å²) in [6.07, 6.45) is 2.15. The first-order valence-corrected chi connectivity index (χ1v) is 7.45. The van der Waals surface area contributed by atoms with Gasteiger partial charge in [0, 0.05) is 21.2 Å². The maximum absolute atomic E-state index is 11.6. The number of nitrogens with one attached hydrogen (secondary N) is 1. The lowest BCUT2D eigenvalue weighted by atomic mass is 10.1. The van der Waals surface area contributed by atoms with E-state index >= 15 is 0 Å². The smallest absolute Gasteiger partial charge is 0.326 e. The zero-order valence-corrected chi connectivity index (χ0v) is 12.5. The molecule has 0 aliphatic heterocycles. The Balaban J connectivity index is 2.38. The predicted octanol–water partition coefficient (Wildman–Crippen LogP) is 2.81. The second kappa shape index (κ2) is 7.53. The van der Waals surface area contributed by atoms with Gasteiger partial charge in [0.25, 0.3) is 0 Å². The van der Waals surface area contributed by atoms with E-state index in [2.05, 4.69) is 21.2 Å². The van der Waals surface area contributed by atoms with Crippen LogP contribution in [0.2, 0.25) is 0 Å². The van der Waals surface area contributed by atoms with Crippen LogP contribution in [0.3, 0.4) is 0 Å². The van der Waals surface area contributed by atoms with Gasteiger partial charge in [-0.25, -0.2) is 4.79 Å². The Morgan fingerprint density at radius 3 is 2.78 bits per heavy atom. The molecule has 0 fully saturated rings. The highest BCUT2D eigenvalue weighted by Crippen LogP contribution is 2.20. The van der Waals surface area contributed by atoms with Gasteiger partial charge in [0.15, 0.2) is 0 Å². The molecule has 0 aromatic carbocycles. The molecule has 100 valence electrons. The fourth-order valence-electron chi connectivity index (χ4n) is 1.53. The molecule has 18 heavy (non-hydrogen) atoms. The molecule has 1 atom stereocenters. The summed E-state index contributed by atoms with van der Waals surface area (Å²) in [4.78, 5) is 23.6. The van der Waals surface area contributed by atoms with E-state index in [0.717, 1.165) is 15.8 Å². The largest absolute Gasteiger partial charge is 0.480 e. The third kappa shape index (κ3) is 5.18. The highest BCUT2D eigenvalue weighted by Gasteiger charge is 2.18. The molecule has 4 nitrogen and oxygen atoms in total. The fourth-order valence-corrected chi connectivity index (χ4v) is 2.99. The van der Waals surface area contributed by atoms with Gasteiger partial charge in [-0.2, -0.15) is 0 Å². The summed E-state index contributed by atoms with van der Waals surface area (Å²) in [5.41, 5.74) is 0. The number of carboxylic acids is 1. The first-order chi connectivity index (χ1) is 8.52. The molecule has 1 heterocycles. The Morgan fingerprint density at radius 2 is 2.28 bits per heavy atom. The minimum absolute atomic E-state index is 0.208. The lowest BCUT2D eigenvalue weighted by Crippen LogP contribution is -2.40. The summed E-state index contributed by atoms with van der Waals surface area (Å²) >= 11 is 4.93. The van der Waals surface area contributed by atoms with E-state index in [0.29, 0.717) is 19.3 Å². The summed E-state index contributed by atoms with van der Waals surface area (Å²) < 4.78 is 1.01. The topological polar surface area (TPSA) is 66.4 Å². The number of halogens is 1. The molecule has 0 bridgehead atoms. The lowest BCUT2D eigenvalue weighted by molar-refractivity contribution is -0.142. The molecule has 1 aromatic heterocycles. The third-order valence-corrected chi connectivity index (χ3v) is 4.19. The zero-order valence-electron chi connectivity index (χ0n) is 10.1. The van der Waals surface area contributed by atoms with Gasteiger partial charge >= 0.3 is 5.97 Å². The van der Waals surface area contributed by atoms with E-state index in [-0.39, 0.29) is 5.91 Å². The number of amides is 1. The highest BCUT2D eigenvalue weighted by molar-refractivity contribution is 9.10. The first kappa shape index (κ1) is 15.2. The van der Waals surface area contributed by atoms with Gasteiger partial charge in [-0.05, 0) is 34.8 Å². The molecular formula is C12H16BrNO3S. The number of thiophene rings is 1. The molecule has 0 radical (unpaired) electrons. The molecule has 2 N–H and O–H groups in total. The zero-order chi connectivity index (χ0) is 13.5. The summed E-state index contributed by atoms with van der Waals surface area (Å²) in [6.45, 7) is 1.89. The highest BCUT2D eigenvalue weighted by atomic mass is 79.9. The Labute approximate surface area is 119 Å². The van der Waals surface area contributed by atoms with Crippen LogP contribution in [0.15, 0.2) is 15.9 Å². The number of aliphatic carboxylic acids is 1. The molecule has 1 rings (SSSR count). The number of carbonyl (C=O) groups is 2. The van der Waals surface area contributed by atoms with Crippen molar-refractivity contribution in [2.75, 3.05) is 0 Å². The summed E-state index contributed by atoms with van der Waals surface area (Å²) in [5.74, 6) is -1.18. The van der Waals surface area contributed by atoms with Gasteiger partial charge in [0.05, 0.1) is 0 Å². The van der Waals surface area contributed by atoms with Gasteiger partial charge in [0.1, 0.15) is 6.04 Å². The van der Waals surface area contributed by atoms with Crippen molar-refractivity contribution in [2.45, 2.75) is 38.6 Å². The minimum atomic E-state index is -0.968. The summed E-state index contributed by atoms with van der Waals surface area (Å²) in [6, 6.07) is 1.20. The molecule has 0 saturated carbocycles. The number of hydrogen-bond donors (Lipinski definition) is 2. The van der Waals surface area contributed by atoms with Crippen molar-refractivity contribution in [2.24, 2.45) is 0 Å². The Kier molecular flexibility index (Phi) is 6.35. The monoisotopic (exact) mass is 333 g/mol. The molecule has 0 spiro atoms. The average molecular weight is 334 g/mol. The molecule has 0 aliphatic rings. The molecule has 1 aromatic rings. The van der Waals surface area contributed by atoms with E-state index in [1.807, 2.05) is 18.4 Å². The Bertz CT molecular complexity index is 419. The van der Waals surface area contributed by atoms with E-state index in [1.165, 1.54) is 0 Å². The predicted molar refractivity (Wildman–Crippen MR) is 74.8 cm³/mol. The van der Waals surface area contributed by atoms with Crippen molar-refractivity contribution in [3.8, 4) is 0 Å². The Hall–Kier alpha value is -0.880. The number of aryl methyl sites for hydroxylation is 1. The Morgan fingerprint density at radius 1 is 1.56 bits per heavy atom. The molecule has 6 heteroatoms. The summed E-state index contributed by atoms with van der Waals surface area (Å²) in [5, 5.41) is 13.4. The number of rotatable bonds is 7. The van der Waals surface area contributed by atoms with Crippen LogP contribution < -0.4 is 5.32 Å². The van der Waals surface area contributed by atoms with Crippen LogP contribution in [0, 0.1) is 0 Å². The van der Waals surface area contributed by atoms with Crippen molar-refractivity contribution in [1.29, 1.82) is 0 Å². The van der Waals surface area contributed by atoms with Gasteiger partial charge in [-0.1, -0.05) is 13.3 Å². The van der Waals surface area contributed by atoms with Gasteiger partial charge in [-0.15, -0.1) is 11.3 Å².